The third-order valence-electron chi connectivity index (χ3n) is 5.78. The van der Waals surface area contributed by atoms with Gasteiger partial charge in [-0.25, -0.2) is 4.98 Å². The Labute approximate surface area is 193 Å². The number of piperidine rings is 1. The van der Waals surface area contributed by atoms with E-state index in [1.54, 1.807) is 30.5 Å². The lowest BCUT2D eigenvalue weighted by Crippen LogP contribution is -2.62. The minimum atomic E-state index is 0.0239. The van der Waals surface area contributed by atoms with E-state index in [0.29, 0.717) is 34.1 Å². The predicted octanol–water partition coefficient (Wildman–Crippen LogP) is 4.10. The summed E-state index contributed by atoms with van der Waals surface area (Å²) in [6.45, 7) is 8.88. The van der Waals surface area contributed by atoms with E-state index in [0.717, 1.165) is 18.4 Å². The number of phenolic OH excluding ortho intramolecular Hbond substituents is 1. The van der Waals surface area contributed by atoms with Crippen molar-refractivity contribution in [2.24, 2.45) is 0 Å². The molecular weight excluding hydrogens is 426 g/mol. The Morgan fingerprint density at radius 1 is 0.969 bits per heavy atom. The summed E-state index contributed by atoms with van der Waals surface area (Å²) in [4.78, 5) is 6.64. The van der Waals surface area contributed by atoms with Crippen LogP contribution in [0.15, 0.2) is 36.5 Å². The van der Waals surface area contributed by atoms with E-state index in [4.69, 9.17) is 11.6 Å². The van der Waals surface area contributed by atoms with Gasteiger partial charge >= 0.3 is 0 Å². The van der Waals surface area contributed by atoms with Crippen LogP contribution in [0.5, 0.6) is 5.75 Å². The number of nitrogens with one attached hydrogen (secondary N) is 1. The number of benzene rings is 1. The van der Waals surface area contributed by atoms with Gasteiger partial charge in [0.15, 0.2) is 5.15 Å². The van der Waals surface area contributed by atoms with Crippen LogP contribution in [0, 0.1) is 0 Å². The van der Waals surface area contributed by atoms with E-state index < -0.39 is 0 Å². The van der Waals surface area contributed by atoms with Gasteiger partial charge in [-0.15, -0.1) is 20.4 Å². The largest absolute Gasteiger partial charge is 0.507 e. The zero-order valence-electron chi connectivity index (χ0n) is 19.0. The lowest BCUT2D eigenvalue weighted by Gasteiger charge is -2.48. The Morgan fingerprint density at radius 2 is 1.66 bits per heavy atom. The van der Waals surface area contributed by atoms with Crippen molar-refractivity contribution in [3.05, 3.63) is 41.7 Å². The minimum absolute atomic E-state index is 0.0239. The van der Waals surface area contributed by atoms with Crippen LogP contribution in [0.3, 0.4) is 0 Å². The maximum absolute atomic E-state index is 10.6. The van der Waals surface area contributed by atoms with Crippen molar-refractivity contribution in [3.63, 3.8) is 0 Å². The van der Waals surface area contributed by atoms with Crippen molar-refractivity contribution in [3.8, 4) is 28.3 Å². The molecule has 0 radical (unpaired) electrons. The average Bonchev–Trinajstić information content (AvgIpc) is 2.72. The predicted molar refractivity (Wildman–Crippen MR) is 126 cm³/mol. The van der Waals surface area contributed by atoms with Gasteiger partial charge in [-0.2, -0.15) is 0 Å². The number of hydrogen-bond donors (Lipinski definition) is 2. The summed E-state index contributed by atoms with van der Waals surface area (Å²) in [5, 5.41) is 31.2. The van der Waals surface area contributed by atoms with Gasteiger partial charge in [0, 0.05) is 35.3 Å². The normalized spacial score (nSPS) is 17.8. The fourth-order valence-corrected chi connectivity index (χ4v) is 4.74. The molecule has 4 rings (SSSR count). The van der Waals surface area contributed by atoms with Crippen LogP contribution in [0.1, 0.15) is 40.5 Å². The van der Waals surface area contributed by atoms with Crippen LogP contribution in [-0.2, 0) is 0 Å². The number of anilines is 1. The third kappa shape index (κ3) is 4.81. The fraction of sp³-hybridized carbons (Fsp3) is 0.435. The van der Waals surface area contributed by atoms with Gasteiger partial charge in [0.1, 0.15) is 11.4 Å². The number of aromatic hydroxyl groups is 1. The zero-order chi connectivity index (χ0) is 23.1. The first-order valence-corrected chi connectivity index (χ1v) is 11.0. The molecule has 1 aliphatic heterocycles. The molecule has 3 aromatic rings. The summed E-state index contributed by atoms with van der Waals surface area (Å²) < 4.78 is 0. The molecule has 3 heterocycles. The minimum Gasteiger partial charge on any atom is -0.507 e. The van der Waals surface area contributed by atoms with Crippen molar-refractivity contribution in [2.75, 3.05) is 11.9 Å². The van der Waals surface area contributed by atoms with Crippen LogP contribution in [0.25, 0.3) is 22.5 Å². The molecule has 0 amide bonds. The second-order valence-electron chi connectivity index (χ2n) is 9.68. The Morgan fingerprint density at radius 3 is 2.22 bits per heavy atom. The number of rotatable bonds is 4. The first-order valence-electron chi connectivity index (χ1n) is 10.6. The van der Waals surface area contributed by atoms with Crippen LogP contribution in [0.4, 0.5) is 5.95 Å². The Kier molecular flexibility index (Phi) is 5.77. The highest BCUT2D eigenvalue weighted by molar-refractivity contribution is 6.29. The highest BCUT2D eigenvalue weighted by Gasteiger charge is 2.39. The van der Waals surface area contributed by atoms with Gasteiger partial charge < -0.3 is 15.3 Å². The molecule has 0 atom stereocenters. The fourth-order valence-electron chi connectivity index (χ4n) is 4.64. The molecule has 32 heavy (non-hydrogen) atoms. The summed E-state index contributed by atoms with van der Waals surface area (Å²) in [7, 11) is 2.01. The lowest BCUT2D eigenvalue weighted by atomic mass is 9.79. The number of nitrogens with zero attached hydrogens (tertiary/aromatic N) is 6. The molecule has 2 N–H and O–H groups in total. The van der Waals surface area contributed by atoms with Gasteiger partial charge in [0.2, 0.25) is 5.95 Å². The Hall–Kier alpha value is -2.84. The molecule has 0 unspecified atom stereocenters. The summed E-state index contributed by atoms with van der Waals surface area (Å²) in [5.41, 5.74) is 2.44. The van der Waals surface area contributed by atoms with Crippen molar-refractivity contribution in [2.45, 2.75) is 57.7 Å². The van der Waals surface area contributed by atoms with E-state index in [1.165, 1.54) is 0 Å². The molecule has 0 aliphatic carbocycles. The molecule has 9 heteroatoms. The summed E-state index contributed by atoms with van der Waals surface area (Å²) in [6, 6.07) is 8.93. The number of aromatic nitrogens is 5. The van der Waals surface area contributed by atoms with Crippen LogP contribution >= 0.6 is 11.6 Å². The molecule has 0 spiro atoms. The van der Waals surface area contributed by atoms with E-state index in [9.17, 15) is 5.11 Å². The number of phenols is 1. The van der Waals surface area contributed by atoms with E-state index in [1.807, 2.05) is 13.1 Å². The average molecular weight is 454 g/mol. The van der Waals surface area contributed by atoms with Gasteiger partial charge in [-0.1, -0.05) is 17.7 Å². The van der Waals surface area contributed by atoms with E-state index in [-0.39, 0.29) is 16.8 Å². The van der Waals surface area contributed by atoms with Crippen molar-refractivity contribution >= 4 is 17.5 Å². The SMILES string of the molecule is CN(c1ncc(-c2ccc(-c3ccc(Cl)nn3)cc2O)nn1)C1CC(C)(C)NC(C)(C)C1. The highest BCUT2D eigenvalue weighted by atomic mass is 35.5. The molecule has 8 nitrogen and oxygen atoms in total. The highest BCUT2D eigenvalue weighted by Crippen LogP contribution is 2.34. The van der Waals surface area contributed by atoms with Crippen LogP contribution < -0.4 is 10.2 Å². The van der Waals surface area contributed by atoms with Gasteiger partial charge in [0.25, 0.3) is 0 Å². The van der Waals surface area contributed by atoms with Crippen LogP contribution in [-0.4, -0.2) is 54.7 Å². The number of halogens is 1. The first-order chi connectivity index (χ1) is 15.0. The summed E-state index contributed by atoms with van der Waals surface area (Å²) >= 11 is 5.80. The summed E-state index contributed by atoms with van der Waals surface area (Å²) in [5.74, 6) is 0.637. The standard InChI is InChI=1S/C23H28ClN7O/c1-22(2)11-15(12-23(3,4)30-22)31(5)21-25-13-18(27-29-21)16-7-6-14(10-19(16)32)17-8-9-20(24)28-26-17/h6-10,13,15,30,32H,11-12H2,1-5H3. The molecular formula is C23H28ClN7O. The van der Waals surface area contributed by atoms with Crippen molar-refractivity contribution < 1.29 is 5.11 Å². The van der Waals surface area contributed by atoms with Crippen molar-refractivity contribution in [1.29, 1.82) is 0 Å². The van der Waals surface area contributed by atoms with E-state index in [2.05, 4.69) is 63.3 Å². The quantitative estimate of drug-likeness (QED) is 0.609. The molecule has 2 aromatic heterocycles. The third-order valence-corrected chi connectivity index (χ3v) is 5.98. The molecule has 1 saturated heterocycles. The monoisotopic (exact) mass is 453 g/mol. The Bertz CT molecular complexity index is 1080. The molecule has 1 aromatic carbocycles. The lowest BCUT2D eigenvalue weighted by molar-refractivity contribution is 0.160. The van der Waals surface area contributed by atoms with Gasteiger partial charge in [0.05, 0.1) is 11.9 Å². The van der Waals surface area contributed by atoms with E-state index >= 15 is 0 Å². The first kappa shape index (κ1) is 22.4. The van der Waals surface area contributed by atoms with Crippen LogP contribution in [0.2, 0.25) is 5.15 Å². The molecule has 1 fully saturated rings. The topological polar surface area (TPSA) is 100.0 Å². The van der Waals surface area contributed by atoms with Gasteiger partial charge in [-0.05, 0) is 64.8 Å². The zero-order valence-corrected chi connectivity index (χ0v) is 19.7. The second-order valence-corrected chi connectivity index (χ2v) is 10.1. The maximum Gasteiger partial charge on any atom is 0.245 e. The number of hydrogen-bond acceptors (Lipinski definition) is 8. The summed E-state index contributed by atoms with van der Waals surface area (Å²) in [6.07, 6.45) is 3.61. The molecule has 0 saturated carbocycles. The van der Waals surface area contributed by atoms with Crippen molar-refractivity contribution in [1.82, 2.24) is 30.7 Å². The molecule has 0 bridgehead atoms. The smallest absolute Gasteiger partial charge is 0.245 e. The molecule has 168 valence electrons. The second kappa shape index (κ2) is 8.26. The molecule has 1 aliphatic rings. The van der Waals surface area contributed by atoms with Gasteiger partial charge in [-0.3, -0.25) is 0 Å². The maximum atomic E-state index is 10.6. The Balaban J connectivity index is 1.54.